The van der Waals surface area contributed by atoms with Crippen LogP contribution in [0.4, 0.5) is 0 Å². The van der Waals surface area contributed by atoms with E-state index in [4.69, 9.17) is 14.2 Å². The molecule has 0 saturated carbocycles. The van der Waals surface area contributed by atoms with Crippen molar-refractivity contribution < 1.29 is 28.6 Å². The van der Waals surface area contributed by atoms with Gasteiger partial charge < -0.3 is 14.2 Å². The molecule has 6 heteroatoms. The molecule has 0 fully saturated rings. The van der Waals surface area contributed by atoms with E-state index in [1.54, 1.807) is 0 Å². The van der Waals surface area contributed by atoms with Gasteiger partial charge in [-0.2, -0.15) is 0 Å². The Kier molecular flexibility index (Phi) is 43.4. The minimum absolute atomic E-state index is 0.0777. The van der Waals surface area contributed by atoms with Crippen LogP contribution in [-0.2, 0) is 28.6 Å². The minimum atomic E-state index is -0.777. The molecule has 0 aromatic heterocycles. The summed E-state index contributed by atoms with van der Waals surface area (Å²) in [6, 6.07) is 0. The predicted molar refractivity (Wildman–Crippen MR) is 238 cm³/mol. The van der Waals surface area contributed by atoms with Gasteiger partial charge in [-0.3, -0.25) is 14.4 Å². The number of hydrogen-bond acceptors (Lipinski definition) is 6. The molecule has 0 heterocycles. The Labute approximate surface area is 346 Å². The first-order chi connectivity index (χ1) is 27.5. The van der Waals surface area contributed by atoms with Gasteiger partial charge in [0.1, 0.15) is 13.2 Å². The molecule has 0 aromatic carbocycles. The zero-order chi connectivity index (χ0) is 40.8. The summed E-state index contributed by atoms with van der Waals surface area (Å²) in [5, 5.41) is 0. The fourth-order valence-corrected chi connectivity index (χ4v) is 6.69. The number of hydrogen-bond donors (Lipinski definition) is 0. The first-order valence-electron chi connectivity index (χ1n) is 24.0. The third-order valence-electron chi connectivity index (χ3n) is 10.4. The van der Waals surface area contributed by atoms with Gasteiger partial charge in [-0.15, -0.1) is 0 Å². The van der Waals surface area contributed by atoms with E-state index in [2.05, 4.69) is 57.2 Å². The van der Waals surface area contributed by atoms with E-state index in [1.165, 1.54) is 116 Å². The van der Waals surface area contributed by atoms with Crippen LogP contribution in [0.1, 0.15) is 245 Å². The molecule has 0 aliphatic rings. The Morgan fingerprint density at radius 1 is 0.357 bits per heavy atom. The molecule has 0 aliphatic heterocycles. The Bertz CT molecular complexity index is 953. The highest BCUT2D eigenvalue weighted by Crippen LogP contribution is 2.14. The Hall–Kier alpha value is -2.37. The van der Waals surface area contributed by atoms with E-state index in [1.807, 2.05) is 0 Å². The average molecular weight is 787 g/mol. The highest BCUT2D eigenvalue weighted by atomic mass is 16.6. The molecule has 0 bridgehead atoms. The van der Waals surface area contributed by atoms with Crippen LogP contribution in [0.5, 0.6) is 0 Å². The SMILES string of the molecule is CCCC/C=C\C/C=C\CCCCCCCC(=O)OC[C@@H](COC(=O)CCCCCCCCCCCCCC)OC(=O)CCCCCCC/C=C\CCCCC. The number of carbonyl (C=O) groups excluding carboxylic acids is 3. The van der Waals surface area contributed by atoms with Crippen molar-refractivity contribution in [3.63, 3.8) is 0 Å². The maximum atomic E-state index is 12.7. The fraction of sp³-hybridized carbons (Fsp3) is 0.820. The van der Waals surface area contributed by atoms with Gasteiger partial charge in [0.05, 0.1) is 0 Å². The third kappa shape index (κ3) is 42.8. The summed E-state index contributed by atoms with van der Waals surface area (Å²) in [6.07, 6.45) is 51.2. The molecule has 0 radical (unpaired) electrons. The van der Waals surface area contributed by atoms with Gasteiger partial charge in [0.2, 0.25) is 0 Å². The highest BCUT2D eigenvalue weighted by Gasteiger charge is 2.19. The van der Waals surface area contributed by atoms with Crippen molar-refractivity contribution in [1.29, 1.82) is 0 Å². The van der Waals surface area contributed by atoms with Gasteiger partial charge in [0.15, 0.2) is 6.10 Å². The number of esters is 3. The number of carbonyl (C=O) groups is 3. The van der Waals surface area contributed by atoms with Crippen molar-refractivity contribution in [3.05, 3.63) is 36.5 Å². The zero-order valence-electron chi connectivity index (χ0n) is 37.2. The summed E-state index contributed by atoms with van der Waals surface area (Å²) < 4.78 is 16.7. The average Bonchev–Trinajstić information content (AvgIpc) is 3.19. The van der Waals surface area contributed by atoms with Crippen molar-refractivity contribution in [1.82, 2.24) is 0 Å². The van der Waals surface area contributed by atoms with Gasteiger partial charge >= 0.3 is 17.9 Å². The number of rotatable bonds is 43. The summed E-state index contributed by atoms with van der Waals surface area (Å²) in [5.41, 5.74) is 0. The maximum Gasteiger partial charge on any atom is 0.306 e. The zero-order valence-corrected chi connectivity index (χ0v) is 37.2. The van der Waals surface area contributed by atoms with Gasteiger partial charge in [0, 0.05) is 19.3 Å². The van der Waals surface area contributed by atoms with Crippen LogP contribution in [0.25, 0.3) is 0 Å². The van der Waals surface area contributed by atoms with Crippen LogP contribution in [0, 0.1) is 0 Å². The molecule has 0 rings (SSSR count). The first kappa shape index (κ1) is 53.6. The Morgan fingerprint density at radius 3 is 1.09 bits per heavy atom. The molecule has 1 atom stereocenters. The smallest absolute Gasteiger partial charge is 0.306 e. The van der Waals surface area contributed by atoms with Crippen LogP contribution in [0.15, 0.2) is 36.5 Å². The molecule has 0 amide bonds. The number of allylic oxidation sites excluding steroid dienone is 6. The molecule has 56 heavy (non-hydrogen) atoms. The van der Waals surface area contributed by atoms with Crippen LogP contribution in [-0.4, -0.2) is 37.2 Å². The molecule has 6 nitrogen and oxygen atoms in total. The molecule has 326 valence electrons. The molecule has 0 aliphatic carbocycles. The molecular formula is C50H90O6. The summed E-state index contributed by atoms with van der Waals surface area (Å²) >= 11 is 0. The molecule has 0 spiro atoms. The van der Waals surface area contributed by atoms with E-state index < -0.39 is 6.10 Å². The molecular weight excluding hydrogens is 697 g/mol. The number of unbranched alkanes of at least 4 members (excludes halogenated alkanes) is 26. The quantitative estimate of drug-likeness (QED) is 0.0265. The molecule has 0 unspecified atom stereocenters. The van der Waals surface area contributed by atoms with Crippen molar-refractivity contribution in [2.45, 2.75) is 252 Å². The minimum Gasteiger partial charge on any atom is -0.462 e. The lowest BCUT2D eigenvalue weighted by Gasteiger charge is -2.18. The Morgan fingerprint density at radius 2 is 0.661 bits per heavy atom. The lowest BCUT2D eigenvalue weighted by atomic mass is 10.0. The summed E-state index contributed by atoms with van der Waals surface area (Å²) in [4.78, 5) is 37.8. The van der Waals surface area contributed by atoms with Crippen LogP contribution < -0.4 is 0 Å². The monoisotopic (exact) mass is 787 g/mol. The normalized spacial score (nSPS) is 12.3. The van der Waals surface area contributed by atoms with Gasteiger partial charge in [-0.25, -0.2) is 0 Å². The number of ether oxygens (including phenoxy) is 3. The predicted octanol–water partition coefficient (Wildman–Crippen LogP) is 15.4. The second-order valence-electron chi connectivity index (χ2n) is 16.0. The van der Waals surface area contributed by atoms with E-state index in [9.17, 15) is 14.4 Å². The topological polar surface area (TPSA) is 78.9 Å². The van der Waals surface area contributed by atoms with Gasteiger partial charge in [-0.1, -0.05) is 192 Å². The van der Waals surface area contributed by atoms with Crippen LogP contribution in [0.2, 0.25) is 0 Å². The van der Waals surface area contributed by atoms with Crippen molar-refractivity contribution in [3.8, 4) is 0 Å². The lowest BCUT2D eigenvalue weighted by Crippen LogP contribution is -2.30. The standard InChI is InChI=1S/C50H90O6/c1-4-7-10-13-16-19-22-25-26-29-31-34-37-40-43-49(52)55-46-47(56-50(53)44-41-38-35-32-28-24-21-18-15-12-9-6-3)45-54-48(51)42-39-36-33-30-27-23-20-17-14-11-8-5-2/h13,16,18,21-22,25,47H,4-12,14-15,17,19-20,23-24,26-46H2,1-3H3/b16-13-,21-18-,25-22-/t47-/m1/s1. The first-order valence-corrected chi connectivity index (χ1v) is 24.0. The van der Waals surface area contributed by atoms with Crippen molar-refractivity contribution >= 4 is 17.9 Å². The maximum absolute atomic E-state index is 12.7. The van der Waals surface area contributed by atoms with E-state index in [0.29, 0.717) is 19.3 Å². The largest absolute Gasteiger partial charge is 0.462 e. The molecule has 0 aromatic rings. The van der Waals surface area contributed by atoms with Gasteiger partial charge in [0.25, 0.3) is 0 Å². The summed E-state index contributed by atoms with van der Waals surface area (Å²) in [5.74, 6) is -0.897. The summed E-state index contributed by atoms with van der Waals surface area (Å²) in [7, 11) is 0. The van der Waals surface area contributed by atoms with Crippen LogP contribution in [0.3, 0.4) is 0 Å². The third-order valence-corrected chi connectivity index (χ3v) is 10.4. The lowest BCUT2D eigenvalue weighted by molar-refractivity contribution is -0.167. The summed E-state index contributed by atoms with van der Waals surface area (Å²) in [6.45, 7) is 6.55. The van der Waals surface area contributed by atoms with E-state index in [-0.39, 0.29) is 31.1 Å². The Balaban J connectivity index is 4.39. The second-order valence-corrected chi connectivity index (χ2v) is 16.0. The molecule has 0 N–H and O–H groups in total. The fourth-order valence-electron chi connectivity index (χ4n) is 6.69. The van der Waals surface area contributed by atoms with Crippen molar-refractivity contribution in [2.24, 2.45) is 0 Å². The molecule has 0 saturated heterocycles. The van der Waals surface area contributed by atoms with Crippen molar-refractivity contribution in [2.75, 3.05) is 13.2 Å². The van der Waals surface area contributed by atoms with E-state index in [0.717, 1.165) is 89.9 Å². The van der Waals surface area contributed by atoms with E-state index >= 15 is 0 Å². The van der Waals surface area contributed by atoms with Crippen LogP contribution >= 0.6 is 0 Å². The van der Waals surface area contributed by atoms with Gasteiger partial charge in [-0.05, 0) is 70.6 Å². The highest BCUT2D eigenvalue weighted by molar-refractivity contribution is 5.71. The second kappa shape index (κ2) is 45.3.